The van der Waals surface area contributed by atoms with Crippen molar-refractivity contribution in [1.29, 1.82) is 0 Å². The van der Waals surface area contributed by atoms with Crippen LogP contribution < -0.4 is 0 Å². The monoisotopic (exact) mass is 279 g/mol. The first-order valence-electron chi connectivity index (χ1n) is 6.75. The van der Waals surface area contributed by atoms with E-state index in [9.17, 15) is 4.79 Å². The van der Waals surface area contributed by atoms with Gasteiger partial charge >= 0.3 is 0 Å². The van der Waals surface area contributed by atoms with E-state index >= 15 is 0 Å². The van der Waals surface area contributed by atoms with E-state index in [0.717, 1.165) is 23.0 Å². The van der Waals surface area contributed by atoms with E-state index in [2.05, 4.69) is 28.7 Å². The van der Waals surface area contributed by atoms with Crippen LogP contribution in [0, 0.1) is 6.92 Å². The van der Waals surface area contributed by atoms with Crippen LogP contribution in [-0.4, -0.2) is 35.3 Å². The van der Waals surface area contributed by atoms with E-state index in [-0.39, 0.29) is 6.04 Å². The Labute approximate surface area is 121 Å². The van der Waals surface area contributed by atoms with Crippen LogP contribution in [0.25, 0.3) is 11.0 Å². The average Bonchev–Trinajstić information content (AvgIpc) is 2.79. The summed E-state index contributed by atoms with van der Waals surface area (Å²) in [6, 6.07) is 2.10. The van der Waals surface area contributed by atoms with Gasteiger partial charge in [0.05, 0.1) is 11.2 Å². The molecule has 0 saturated heterocycles. The molecule has 0 radical (unpaired) electrons. The van der Waals surface area contributed by atoms with Gasteiger partial charge in [0.2, 0.25) is 0 Å². The maximum Gasteiger partial charge on any atom is 0.151 e. The number of rotatable bonds is 2. The smallest absolute Gasteiger partial charge is 0.151 e. The highest BCUT2D eigenvalue weighted by Crippen LogP contribution is 2.19. The summed E-state index contributed by atoms with van der Waals surface area (Å²) < 4.78 is 6.14. The minimum Gasteiger partial charge on any atom is -0.388 e. The van der Waals surface area contributed by atoms with Gasteiger partial charge in [-0.1, -0.05) is 13.8 Å². The normalized spacial score (nSPS) is 9.60. The van der Waals surface area contributed by atoms with Crippen LogP contribution in [-0.2, 0) is 4.74 Å². The number of carbonyl (C=O) groups excluding carboxylic acids is 1. The zero-order valence-corrected chi connectivity index (χ0v) is 13.5. The second kappa shape index (κ2) is 9.20. The van der Waals surface area contributed by atoms with Gasteiger partial charge in [0, 0.05) is 32.0 Å². The highest BCUT2D eigenvalue weighted by atomic mass is 16.4. The lowest BCUT2D eigenvalue weighted by Crippen LogP contribution is -2.02. The van der Waals surface area contributed by atoms with Crippen molar-refractivity contribution in [1.82, 2.24) is 14.8 Å². The standard InChI is InChI=1S/C11H13N3O.C2H6O.C2H6/c1-7(2)14-10-4-9(6-15)5-12-11(10)8(3)13-14;1-3-2;1-2/h4-7H,1-3H3;1-2H3;1-2H3. The first kappa shape index (κ1) is 18.2. The highest BCUT2D eigenvalue weighted by molar-refractivity contribution is 5.84. The third-order valence-corrected chi connectivity index (χ3v) is 2.36. The van der Waals surface area contributed by atoms with E-state index in [1.165, 1.54) is 0 Å². The van der Waals surface area contributed by atoms with Crippen LogP contribution in [0.2, 0.25) is 0 Å². The summed E-state index contributed by atoms with van der Waals surface area (Å²) in [5.41, 5.74) is 3.28. The Bertz CT molecular complexity index is 533. The molecule has 2 aromatic heterocycles. The van der Waals surface area contributed by atoms with Crippen molar-refractivity contribution < 1.29 is 9.53 Å². The van der Waals surface area contributed by atoms with Gasteiger partial charge in [-0.15, -0.1) is 0 Å². The molecule has 0 aromatic carbocycles. The number of ether oxygens (including phenoxy) is 1. The lowest BCUT2D eigenvalue weighted by molar-refractivity contribution is 0.112. The van der Waals surface area contributed by atoms with Gasteiger partial charge in [-0.2, -0.15) is 5.10 Å². The summed E-state index contributed by atoms with van der Waals surface area (Å²) >= 11 is 0. The average molecular weight is 279 g/mol. The Hall–Kier alpha value is -1.75. The Morgan fingerprint density at radius 1 is 1.30 bits per heavy atom. The van der Waals surface area contributed by atoms with E-state index in [0.29, 0.717) is 5.56 Å². The number of aryl methyl sites for hydroxylation is 1. The molecule has 0 bridgehead atoms. The molecule has 0 aliphatic heterocycles. The van der Waals surface area contributed by atoms with Gasteiger partial charge in [-0.05, 0) is 26.8 Å². The predicted molar refractivity (Wildman–Crippen MR) is 82.3 cm³/mol. The summed E-state index contributed by atoms with van der Waals surface area (Å²) in [5, 5.41) is 4.40. The molecule has 0 spiro atoms. The molecule has 5 nitrogen and oxygen atoms in total. The fraction of sp³-hybridized carbons (Fsp3) is 0.533. The first-order valence-corrected chi connectivity index (χ1v) is 6.75. The fourth-order valence-corrected chi connectivity index (χ4v) is 1.64. The molecular formula is C15H25N3O2. The molecular weight excluding hydrogens is 254 g/mol. The van der Waals surface area contributed by atoms with Crippen molar-refractivity contribution in [2.45, 2.75) is 40.7 Å². The molecule has 0 atom stereocenters. The minimum absolute atomic E-state index is 0.268. The van der Waals surface area contributed by atoms with E-state index in [4.69, 9.17) is 0 Å². The molecule has 0 saturated carbocycles. The van der Waals surface area contributed by atoms with Crippen molar-refractivity contribution in [3.63, 3.8) is 0 Å². The van der Waals surface area contributed by atoms with Crippen LogP contribution in [0.15, 0.2) is 12.3 Å². The summed E-state index contributed by atoms with van der Waals surface area (Å²) in [7, 11) is 3.25. The van der Waals surface area contributed by atoms with E-state index in [1.54, 1.807) is 20.4 Å². The number of carbonyl (C=O) groups is 1. The van der Waals surface area contributed by atoms with Gasteiger partial charge in [-0.3, -0.25) is 14.5 Å². The van der Waals surface area contributed by atoms with Crippen LogP contribution >= 0.6 is 0 Å². The van der Waals surface area contributed by atoms with Crippen LogP contribution in [0.4, 0.5) is 0 Å². The first-order chi connectivity index (χ1) is 9.54. The van der Waals surface area contributed by atoms with Crippen LogP contribution in [0.5, 0.6) is 0 Å². The van der Waals surface area contributed by atoms with Gasteiger partial charge < -0.3 is 4.74 Å². The molecule has 0 amide bonds. The summed E-state index contributed by atoms with van der Waals surface area (Å²) in [5.74, 6) is 0. The molecule has 20 heavy (non-hydrogen) atoms. The zero-order valence-electron chi connectivity index (χ0n) is 13.5. The molecule has 0 aliphatic carbocycles. The van der Waals surface area contributed by atoms with Gasteiger partial charge in [0.25, 0.3) is 0 Å². The van der Waals surface area contributed by atoms with Crippen molar-refractivity contribution in [3.8, 4) is 0 Å². The number of hydrogen-bond acceptors (Lipinski definition) is 4. The quantitative estimate of drug-likeness (QED) is 0.790. The molecule has 5 heteroatoms. The SMILES string of the molecule is CC.COC.Cc1nn(C(C)C)c2cc(C=O)cnc12. The van der Waals surface area contributed by atoms with Crippen LogP contribution in [0.1, 0.15) is 49.8 Å². The van der Waals surface area contributed by atoms with Crippen molar-refractivity contribution in [2.24, 2.45) is 0 Å². The molecule has 112 valence electrons. The second-order valence-electron chi connectivity index (χ2n) is 4.29. The molecule has 0 N–H and O–H groups in total. The van der Waals surface area contributed by atoms with Crippen molar-refractivity contribution >= 4 is 17.3 Å². The van der Waals surface area contributed by atoms with Crippen LogP contribution in [0.3, 0.4) is 0 Å². The number of aldehydes is 1. The maximum atomic E-state index is 10.7. The van der Waals surface area contributed by atoms with Gasteiger partial charge in [-0.25, -0.2) is 0 Å². The molecule has 2 heterocycles. The lowest BCUT2D eigenvalue weighted by Gasteiger charge is -2.06. The number of fused-ring (bicyclic) bond motifs is 1. The molecule has 0 fully saturated rings. The Morgan fingerprint density at radius 3 is 2.30 bits per heavy atom. The van der Waals surface area contributed by atoms with Gasteiger partial charge in [0.15, 0.2) is 6.29 Å². The topological polar surface area (TPSA) is 57.0 Å². The number of nitrogens with zero attached hydrogens (tertiary/aromatic N) is 3. The number of methoxy groups -OCH3 is 1. The molecule has 2 aromatic rings. The third-order valence-electron chi connectivity index (χ3n) is 2.36. The minimum atomic E-state index is 0.268. The molecule has 0 unspecified atom stereocenters. The van der Waals surface area contributed by atoms with Crippen molar-refractivity contribution in [2.75, 3.05) is 14.2 Å². The maximum absolute atomic E-state index is 10.7. The summed E-state index contributed by atoms with van der Waals surface area (Å²) in [6.07, 6.45) is 2.38. The molecule has 2 rings (SSSR count). The Kier molecular flexibility index (Phi) is 8.40. The molecule has 0 aliphatic rings. The number of aromatic nitrogens is 3. The second-order valence-corrected chi connectivity index (χ2v) is 4.29. The summed E-state index contributed by atoms with van der Waals surface area (Å²) in [6.45, 7) is 10.0. The number of hydrogen-bond donors (Lipinski definition) is 0. The predicted octanol–water partition coefficient (Wildman–Crippen LogP) is 3.42. The Balaban J connectivity index is 0.000000641. The Morgan fingerprint density at radius 2 is 1.85 bits per heavy atom. The lowest BCUT2D eigenvalue weighted by atomic mass is 10.2. The van der Waals surface area contributed by atoms with E-state index in [1.807, 2.05) is 31.5 Å². The largest absolute Gasteiger partial charge is 0.388 e. The van der Waals surface area contributed by atoms with Crippen molar-refractivity contribution in [3.05, 3.63) is 23.5 Å². The van der Waals surface area contributed by atoms with Gasteiger partial charge in [0.1, 0.15) is 5.52 Å². The fourth-order valence-electron chi connectivity index (χ4n) is 1.64. The van der Waals surface area contributed by atoms with E-state index < -0.39 is 0 Å². The summed E-state index contributed by atoms with van der Waals surface area (Å²) in [4.78, 5) is 14.9. The number of pyridine rings is 1. The third kappa shape index (κ3) is 4.42. The highest BCUT2D eigenvalue weighted by Gasteiger charge is 2.11. The zero-order chi connectivity index (χ0) is 15.7.